The number of hydrogen-bond acceptors (Lipinski definition) is 5. The number of pyridine rings is 1. The van der Waals surface area contributed by atoms with Gasteiger partial charge in [-0.2, -0.15) is 0 Å². The van der Waals surface area contributed by atoms with E-state index in [9.17, 15) is 18.8 Å². The summed E-state index contributed by atoms with van der Waals surface area (Å²) in [7, 11) is 2.34. The highest BCUT2D eigenvalue weighted by molar-refractivity contribution is 6.22. The summed E-state index contributed by atoms with van der Waals surface area (Å²) in [6, 6.07) is 14.1. The molecule has 0 saturated carbocycles. The van der Waals surface area contributed by atoms with Crippen molar-refractivity contribution < 1.29 is 28.2 Å². The number of hydrogen-bond donors (Lipinski definition) is 0. The molecule has 0 N–H and O–H groups in total. The Morgan fingerprint density at radius 2 is 1.57 bits per heavy atom. The Hall–Kier alpha value is -4.00. The van der Waals surface area contributed by atoms with Crippen LogP contribution < -0.4 is 0 Å². The van der Waals surface area contributed by atoms with E-state index in [1.165, 1.54) is 29.7 Å². The number of halogens is 1. The molecular weight excluding hydrogens is 389 g/mol. The van der Waals surface area contributed by atoms with Crippen LogP contribution in [0, 0.1) is 5.82 Å². The molecule has 6 nitrogen and oxygen atoms in total. The predicted octanol–water partition coefficient (Wildman–Crippen LogP) is 4.04. The third-order valence-corrected chi connectivity index (χ3v) is 4.91. The number of esters is 2. The molecule has 2 aromatic heterocycles. The van der Waals surface area contributed by atoms with Crippen LogP contribution in [-0.2, 0) is 9.47 Å². The van der Waals surface area contributed by atoms with Crippen LogP contribution in [0.1, 0.15) is 36.8 Å². The first-order valence-corrected chi connectivity index (χ1v) is 9.00. The molecule has 0 aliphatic rings. The summed E-state index contributed by atoms with van der Waals surface area (Å²) in [6.07, 6.45) is 1.59. The van der Waals surface area contributed by atoms with E-state index in [-0.39, 0.29) is 22.4 Å². The zero-order valence-electron chi connectivity index (χ0n) is 16.1. The van der Waals surface area contributed by atoms with Crippen LogP contribution in [0.4, 0.5) is 4.39 Å². The first kappa shape index (κ1) is 19.3. The molecule has 0 spiro atoms. The van der Waals surface area contributed by atoms with Gasteiger partial charge in [0.05, 0.1) is 19.7 Å². The summed E-state index contributed by atoms with van der Waals surface area (Å²) in [6.45, 7) is 0. The molecule has 0 unspecified atom stereocenters. The van der Waals surface area contributed by atoms with Crippen LogP contribution in [0.3, 0.4) is 0 Å². The summed E-state index contributed by atoms with van der Waals surface area (Å²) < 4.78 is 25.0. The number of aromatic nitrogens is 1. The number of carbonyl (C=O) groups excluding carboxylic acids is 3. The minimum atomic E-state index is -0.872. The lowest BCUT2D eigenvalue weighted by Gasteiger charge is -2.07. The van der Waals surface area contributed by atoms with Gasteiger partial charge in [0.15, 0.2) is 0 Å². The monoisotopic (exact) mass is 405 g/mol. The molecule has 0 fully saturated rings. The number of ether oxygens (including phenoxy) is 2. The molecule has 0 aliphatic heterocycles. The van der Waals surface area contributed by atoms with E-state index in [1.807, 2.05) is 12.1 Å². The number of rotatable bonds is 4. The zero-order valence-corrected chi connectivity index (χ0v) is 16.1. The van der Waals surface area contributed by atoms with Gasteiger partial charge in [0.25, 0.3) is 0 Å². The number of methoxy groups -OCH3 is 2. The van der Waals surface area contributed by atoms with E-state index < -0.39 is 23.5 Å². The van der Waals surface area contributed by atoms with Gasteiger partial charge in [0, 0.05) is 17.1 Å². The number of fused-ring (bicyclic) bond motifs is 3. The number of ketones is 1. The Morgan fingerprint density at radius 3 is 2.27 bits per heavy atom. The van der Waals surface area contributed by atoms with Gasteiger partial charge < -0.3 is 13.9 Å². The molecule has 0 aliphatic carbocycles. The van der Waals surface area contributed by atoms with Crippen LogP contribution >= 0.6 is 0 Å². The molecule has 0 amide bonds. The van der Waals surface area contributed by atoms with E-state index >= 15 is 0 Å². The van der Waals surface area contributed by atoms with Gasteiger partial charge in [0.1, 0.15) is 22.6 Å². The van der Waals surface area contributed by atoms with Crippen molar-refractivity contribution in [3.8, 4) is 0 Å². The van der Waals surface area contributed by atoms with Crippen LogP contribution in [0.25, 0.3) is 16.3 Å². The molecule has 2 heterocycles. The summed E-state index contributed by atoms with van der Waals surface area (Å²) in [5.74, 6) is -2.89. The quantitative estimate of drug-likeness (QED) is 0.379. The van der Waals surface area contributed by atoms with Gasteiger partial charge in [-0.05, 0) is 23.6 Å². The second kappa shape index (κ2) is 7.44. The molecule has 4 rings (SSSR count). The zero-order chi connectivity index (χ0) is 21.4. The Bertz CT molecular complexity index is 1340. The second-order valence-electron chi connectivity index (χ2n) is 6.54. The van der Waals surface area contributed by atoms with Crippen LogP contribution in [0.2, 0.25) is 0 Å². The molecule has 7 heteroatoms. The van der Waals surface area contributed by atoms with E-state index in [0.29, 0.717) is 10.9 Å². The van der Waals surface area contributed by atoms with E-state index in [4.69, 9.17) is 9.47 Å². The smallest absolute Gasteiger partial charge is 0.341 e. The van der Waals surface area contributed by atoms with Gasteiger partial charge in [-0.1, -0.05) is 36.4 Å². The maximum absolute atomic E-state index is 13.8. The molecule has 0 radical (unpaired) electrons. The molecule has 4 aromatic rings. The Labute approximate surface area is 170 Å². The van der Waals surface area contributed by atoms with Crippen LogP contribution in [-0.4, -0.2) is 36.3 Å². The second-order valence-corrected chi connectivity index (χ2v) is 6.54. The molecule has 0 saturated heterocycles. The third kappa shape index (κ3) is 2.91. The molecule has 150 valence electrons. The Balaban J connectivity index is 2.18. The minimum absolute atomic E-state index is 0.0316. The first-order chi connectivity index (χ1) is 14.5. The first-order valence-electron chi connectivity index (χ1n) is 9.00. The molecule has 2 aromatic carbocycles. The SMILES string of the molecule is COC(=O)c1c(C(=O)OC)c2c3ccccc3ccn2c1C(=O)c1cccc(F)c1. The number of carbonyl (C=O) groups is 3. The van der Waals surface area contributed by atoms with Crippen molar-refractivity contribution in [3.05, 3.63) is 89.0 Å². The largest absolute Gasteiger partial charge is 0.465 e. The summed E-state index contributed by atoms with van der Waals surface area (Å²) in [5.41, 5.74) is -0.0475. The topological polar surface area (TPSA) is 74.1 Å². The van der Waals surface area contributed by atoms with Crippen molar-refractivity contribution in [1.29, 1.82) is 0 Å². The van der Waals surface area contributed by atoms with Gasteiger partial charge in [-0.25, -0.2) is 14.0 Å². The van der Waals surface area contributed by atoms with Crippen molar-refractivity contribution >= 4 is 34.0 Å². The lowest BCUT2D eigenvalue weighted by molar-refractivity contribution is 0.0556. The average molecular weight is 405 g/mol. The van der Waals surface area contributed by atoms with Gasteiger partial charge in [-0.15, -0.1) is 0 Å². The van der Waals surface area contributed by atoms with E-state index in [0.717, 1.165) is 18.6 Å². The van der Waals surface area contributed by atoms with Gasteiger partial charge >= 0.3 is 11.9 Å². The van der Waals surface area contributed by atoms with Gasteiger partial charge in [0.2, 0.25) is 5.78 Å². The summed E-state index contributed by atoms with van der Waals surface area (Å²) >= 11 is 0. The van der Waals surface area contributed by atoms with E-state index in [1.54, 1.807) is 24.4 Å². The van der Waals surface area contributed by atoms with Gasteiger partial charge in [-0.3, -0.25) is 4.79 Å². The van der Waals surface area contributed by atoms with Crippen molar-refractivity contribution in [2.45, 2.75) is 0 Å². The fourth-order valence-electron chi connectivity index (χ4n) is 3.61. The lowest BCUT2D eigenvalue weighted by Crippen LogP contribution is -2.15. The summed E-state index contributed by atoms with van der Waals surface area (Å²) in [4.78, 5) is 38.8. The fraction of sp³-hybridized carbons (Fsp3) is 0.0870. The maximum atomic E-state index is 13.8. The normalized spacial score (nSPS) is 10.9. The Morgan fingerprint density at radius 1 is 0.867 bits per heavy atom. The van der Waals surface area contributed by atoms with Crippen LogP contribution in [0.15, 0.2) is 60.8 Å². The predicted molar refractivity (Wildman–Crippen MR) is 107 cm³/mol. The third-order valence-electron chi connectivity index (χ3n) is 4.91. The highest BCUT2D eigenvalue weighted by Crippen LogP contribution is 2.32. The summed E-state index contributed by atoms with van der Waals surface area (Å²) in [5, 5.41) is 1.44. The standard InChI is InChI=1S/C23H16FNO5/c1-29-22(27)17-18(23(28)30-2)20(21(26)14-7-5-8-15(24)12-14)25-11-10-13-6-3-4-9-16(13)19(17)25/h3-12H,1-2H3. The van der Waals surface area contributed by atoms with Crippen molar-refractivity contribution in [2.24, 2.45) is 0 Å². The molecule has 30 heavy (non-hydrogen) atoms. The van der Waals surface area contributed by atoms with Crippen LogP contribution in [0.5, 0.6) is 0 Å². The highest BCUT2D eigenvalue weighted by atomic mass is 19.1. The fourth-order valence-corrected chi connectivity index (χ4v) is 3.61. The minimum Gasteiger partial charge on any atom is -0.465 e. The maximum Gasteiger partial charge on any atom is 0.341 e. The highest BCUT2D eigenvalue weighted by Gasteiger charge is 2.33. The Kier molecular flexibility index (Phi) is 4.79. The molecular formula is C23H16FNO5. The average Bonchev–Trinajstić information content (AvgIpc) is 3.13. The van der Waals surface area contributed by atoms with Crippen molar-refractivity contribution in [1.82, 2.24) is 4.40 Å². The molecule has 0 bridgehead atoms. The lowest BCUT2D eigenvalue weighted by atomic mass is 10.0. The van der Waals surface area contributed by atoms with Crippen molar-refractivity contribution in [2.75, 3.05) is 14.2 Å². The van der Waals surface area contributed by atoms with Crippen molar-refractivity contribution in [3.63, 3.8) is 0 Å². The number of benzene rings is 2. The number of nitrogens with zero attached hydrogens (tertiary/aromatic N) is 1. The molecule has 0 atom stereocenters. The van der Waals surface area contributed by atoms with E-state index in [2.05, 4.69) is 0 Å².